The second-order valence-corrected chi connectivity index (χ2v) is 4.52. The van der Waals surface area contributed by atoms with E-state index in [9.17, 15) is 4.39 Å². The molecule has 0 fully saturated rings. The number of hydrogen-bond donors (Lipinski definition) is 2. The van der Waals surface area contributed by atoms with Crippen molar-refractivity contribution in [2.24, 2.45) is 0 Å². The molecule has 100 valence electrons. The summed E-state index contributed by atoms with van der Waals surface area (Å²) in [5, 5.41) is 3.30. The van der Waals surface area contributed by atoms with Gasteiger partial charge in [-0.05, 0) is 37.6 Å². The summed E-state index contributed by atoms with van der Waals surface area (Å²) in [6.07, 6.45) is 2.96. The van der Waals surface area contributed by atoms with Crippen LogP contribution in [0.2, 0.25) is 0 Å². The smallest absolute Gasteiger partial charge is 0.123 e. The van der Waals surface area contributed by atoms with Crippen LogP contribution in [0.5, 0.6) is 0 Å². The number of hydrogen-bond acceptors (Lipinski definition) is 0. The summed E-state index contributed by atoms with van der Waals surface area (Å²) in [4.78, 5) is 3.17. The van der Waals surface area contributed by atoms with Crippen molar-refractivity contribution in [1.29, 1.82) is 0 Å². The molecule has 1 heterocycles. The Morgan fingerprint density at radius 3 is 2.67 bits per heavy atom. The standard InChI is InChI=1S/C13H17FN2.C2H6/c1-9(2)15-6-5-10-8-16-13-4-3-11(14)7-12(10)13;1-2/h3-4,7-9,15-16H,5-6H2,1-2H3;1-2H3/p+1. The Kier molecular flexibility index (Phi) is 5.86. The van der Waals surface area contributed by atoms with Crippen molar-refractivity contribution in [2.45, 2.75) is 40.2 Å². The number of quaternary nitrogens is 1. The summed E-state index contributed by atoms with van der Waals surface area (Å²) in [5.41, 5.74) is 2.22. The number of benzene rings is 1. The number of nitrogens with two attached hydrogens (primary N) is 1. The van der Waals surface area contributed by atoms with Crippen LogP contribution < -0.4 is 5.32 Å². The third kappa shape index (κ3) is 3.84. The first-order valence-electron chi connectivity index (χ1n) is 6.75. The van der Waals surface area contributed by atoms with E-state index in [0.29, 0.717) is 6.04 Å². The largest absolute Gasteiger partial charge is 0.361 e. The van der Waals surface area contributed by atoms with E-state index in [1.165, 1.54) is 11.6 Å². The summed E-state index contributed by atoms with van der Waals surface area (Å²) >= 11 is 0. The molecule has 1 aromatic heterocycles. The van der Waals surface area contributed by atoms with Gasteiger partial charge in [0.15, 0.2) is 0 Å². The van der Waals surface area contributed by atoms with Crippen LogP contribution >= 0.6 is 0 Å². The molecule has 0 bridgehead atoms. The van der Waals surface area contributed by atoms with E-state index in [4.69, 9.17) is 0 Å². The molecule has 2 aromatic rings. The van der Waals surface area contributed by atoms with E-state index in [-0.39, 0.29) is 5.82 Å². The molecule has 1 aromatic carbocycles. The molecule has 3 heteroatoms. The van der Waals surface area contributed by atoms with Crippen LogP contribution in [0.4, 0.5) is 4.39 Å². The lowest BCUT2D eigenvalue weighted by molar-refractivity contribution is -0.682. The van der Waals surface area contributed by atoms with Gasteiger partial charge in [0.2, 0.25) is 0 Å². The minimum Gasteiger partial charge on any atom is -0.361 e. The number of fused-ring (bicyclic) bond motifs is 1. The summed E-state index contributed by atoms with van der Waals surface area (Å²) in [6, 6.07) is 5.50. The number of nitrogens with one attached hydrogen (secondary N) is 1. The lowest BCUT2D eigenvalue weighted by Gasteiger charge is -2.03. The Bertz CT molecular complexity index is 474. The van der Waals surface area contributed by atoms with Gasteiger partial charge in [-0.1, -0.05) is 13.8 Å². The normalized spacial score (nSPS) is 10.6. The molecule has 0 amide bonds. The molecule has 0 atom stereocenters. The highest BCUT2D eigenvalue weighted by atomic mass is 19.1. The third-order valence-corrected chi connectivity index (χ3v) is 2.78. The van der Waals surface area contributed by atoms with Crippen LogP contribution in [0.1, 0.15) is 33.3 Å². The maximum Gasteiger partial charge on any atom is 0.123 e. The maximum atomic E-state index is 13.1. The van der Waals surface area contributed by atoms with Crippen LogP contribution in [-0.2, 0) is 6.42 Å². The summed E-state index contributed by atoms with van der Waals surface area (Å²) in [5.74, 6) is -0.166. The summed E-state index contributed by atoms with van der Waals surface area (Å²) < 4.78 is 13.1. The Hall–Kier alpha value is -1.35. The number of rotatable bonds is 4. The summed E-state index contributed by atoms with van der Waals surface area (Å²) in [6.45, 7) is 9.39. The van der Waals surface area contributed by atoms with E-state index in [1.807, 2.05) is 20.0 Å². The second kappa shape index (κ2) is 7.17. The Morgan fingerprint density at radius 1 is 1.28 bits per heavy atom. The Morgan fingerprint density at radius 2 is 2.00 bits per heavy atom. The van der Waals surface area contributed by atoms with Gasteiger partial charge < -0.3 is 10.3 Å². The molecule has 0 spiro atoms. The van der Waals surface area contributed by atoms with Gasteiger partial charge in [-0.15, -0.1) is 0 Å². The predicted octanol–water partition coefficient (Wildman–Crippen LogP) is 2.85. The molecule has 18 heavy (non-hydrogen) atoms. The van der Waals surface area contributed by atoms with Gasteiger partial charge in [-0.2, -0.15) is 0 Å². The zero-order valence-electron chi connectivity index (χ0n) is 11.8. The number of aromatic nitrogens is 1. The topological polar surface area (TPSA) is 32.4 Å². The molecule has 2 rings (SSSR count). The van der Waals surface area contributed by atoms with Gasteiger partial charge in [0, 0.05) is 23.5 Å². The van der Waals surface area contributed by atoms with E-state index in [0.717, 1.165) is 23.9 Å². The monoisotopic (exact) mass is 251 g/mol. The second-order valence-electron chi connectivity index (χ2n) is 4.52. The fraction of sp³-hybridized carbons (Fsp3) is 0.467. The molecule has 0 radical (unpaired) electrons. The van der Waals surface area contributed by atoms with Crippen molar-refractivity contribution < 1.29 is 9.71 Å². The third-order valence-electron chi connectivity index (χ3n) is 2.78. The fourth-order valence-electron chi connectivity index (χ4n) is 1.93. The molecule has 0 unspecified atom stereocenters. The highest BCUT2D eigenvalue weighted by Gasteiger charge is 2.05. The Balaban J connectivity index is 0.000000771. The predicted molar refractivity (Wildman–Crippen MR) is 75.2 cm³/mol. The number of H-pyrrole nitrogens is 1. The van der Waals surface area contributed by atoms with Gasteiger partial charge in [0.1, 0.15) is 5.82 Å². The van der Waals surface area contributed by atoms with Gasteiger partial charge in [-0.25, -0.2) is 4.39 Å². The molecular formula is C15H24FN2+. The van der Waals surface area contributed by atoms with Crippen LogP contribution in [0.3, 0.4) is 0 Å². The SMILES string of the molecule is CC.CC(C)[NH2+]CCc1c[nH]c2ccc(F)cc12. The van der Waals surface area contributed by atoms with Gasteiger partial charge >= 0.3 is 0 Å². The maximum absolute atomic E-state index is 13.1. The van der Waals surface area contributed by atoms with Crippen LogP contribution in [0.25, 0.3) is 10.9 Å². The highest BCUT2D eigenvalue weighted by molar-refractivity contribution is 5.83. The van der Waals surface area contributed by atoms with Crippen LogP contribution in [0, 0.1) is 5.82 Å². The van der Waals surface area contributed by atoms with E-state index in [1.54, 1.807) is 12.1 Å². The zero-order valence-corrected chi connectivity index (χ0v) is 11.8. The molecule has 0 aliphatic rings. The van der Waals surface area contributed by atoms with Gasteiger partial charge in [-0.3, -0.25) is 0 Å². The molecule has 0 aliphatic carbocycles. The summed E-state index contributed by atoms with van der Waals surface area (Å²) in [7, 11) is 0. The highest BCUT2D eigenvalue weighted by Crippen LogP contribution is 2.19. The Labute approximate surface area is 109 Å². The van der Waals surface area contributed by atoms with Crippen molar-refractivity contribution in [3.8, 4) is 0 Å². The molecule has 0 saturated carbocycles. The zero-order chi connectivity index (χ0) is 13.5. The van der Waals surface area contributed by atoms with Crippen molar-refractivity contribution in [2.75, 3.05) is 6.54 Å². The average molecular weight is 251 g/mol. The molecular weight excluding hydrogens is 227 g/mol. The molecule has 3 N–H and O–H groups in total. The first-order valence-corrected chi connectivity index (χ1v) is 6.75. The molecule has 0 aliphatic heterocycles. The van der Waals surface area contributed by atoms with Crippen molar-refractivity contribution in [3.05, 3.63) is 35.8 Å². The van der Waals surface area contributed by atoms with Crippen LogP contribution in [-0.4, -0.2) is 17.6 Å². The molecule has 0 saturated heterocycles. The molecule has 2 nitrogen and oxygen atoms in total. The minimum atomic E-state index is -0.166. The van der Waals surface area contributed by atoms with Crippen LogP contribution in [0.15, 0.2) is 24.4 Å². The quantitative estimate of drug-likeness (QED) is 0.837. The van der Waals surface area contributed by atoms with Gasteiger partial charge in [0.25, 0.3) is 0 Å². The lowest BCUT2D eigenvalue weighted by Crippen LogP contribution is -2.88. The number of halogens is 1. The van der Waals surface area contributed by atoms with E-state index in [2.05, 4.69) is 24.1 Å². The first kappa shape index (κ1) is 14.7. The van der Waals surface area contributed by atoms with E-state index < -0.39 is 0 Å². The van der Waals surface area contributed by atoms with Crippen molar-refractivity contribution in [3.63, 3.8) is 0 Å². The lowest BCUT2D eigenvalue weighted by atomic mass is 10.1. The first-order chi connectivity index (χ1) is 8.66. The van der Waals surface area contributed by atoms with E-state index >= 15 is 0 Å². The minimum absolute atomic E-state index is 0.166. The average Bonchev–Trinajstić information content (AvgIpc) is 2.74. The van der Waals surface area contributed by atoms with Crippen molar-refractivity contribution in [1.82, 2.24) is 4.98 Å². The van der Waals surface area contributed by atoms with Crippen molar-refractivity contribution >= 4 is 10.9 Å². The number of aromatic amines is 1. The fourth-order valence-corrected chi connectivity index (χ4v) is 1.93. The van der Waals surface area contributed by atoms with Gasteiger partial charge in [0.05, 0.1) is 12.6 Å².